The van der Waals surface area contributed by atoms with E-state index in [9.17, 15) is 9.59 Å². The molecule has 0 saturated heterocycles. The first-order chi connectivity index (χ1) is 8.63. The van der Waals surface area contributed by atoms with Crippen LogP contribution in [-0.2, 0) is 4.79 Å². The first-order valence-corrected chi connectivity index (χ1v) is 6.12. The molecule has 1 heterocycles. The normalized spacial score (nSPS) is 11.7. The Balaban J connectivity index is 2.99. The van der Waals surface area contributed by atoms with E-state index in [-0.39, 0.29) is 11.9 Å². The maximum absolute atomic E-state index is 11.7. The topological polar surface area (TPSA) is 62.3 Å². The average Bonchev–Trinajstić information content (AvgIpc) is 2.40. The first-order valence-electron chi connectivity index (χ1n) is 6.12. The molecule has 0 aromatic carbocycles. The van der Waals surface area contributed by atoms with Crippen molar-refractivity contribution in [1.82, 2.24) is 10.3 Å². The number of carbonyl (C=O) groups is 2. The maximum Gasteiger partial charge on any atom is 0.269 e. The van der Waals surface area contributed by atoms with Gasteiger partial charge in [0.05, 0.1) is 0 Å². The number of hydrogen-bond acceptors (Lipinski definition) is 3. The molecule has 1 unspecified atom stereocenters. The summed E-state index contributed by atoms with van der Waals surface area (Å²) in [5.74, 6) is 0.275. The number of anilines is 1. The number of pyridine rings is 1. The summed E-state index contributed by atoms with van der Waals surface area (Å²) in [5, 5.41) is 2.68. The van der Waals surface area contributed by atoms with E-state index in [2.05, 4.69) is 10.3 Å². The molecule has 0 aliphatic carbocycles. The lowest BCUT2D eigenvalue weighted by atomic mass is 10.2. The van der Waals surface area contributed by atoms with Gasteiger partial charge >= 0.3 is 0 Å². The third-order valence-electron chi connectivity index (χ3n) is 2.75. The van der Waals surface area contributed by atoms with Gasteiger partial charge in [0.25, 0.3) is 5.91 Å². The van der Waals surface area contributed by atoms with Crippen LogP contribution in [0.5, 0.6) is 0 Å². The molecule has 1 atom stereocenters. The van der Waals surface area contributed by atoms with Gasteiger partial charge in [0, 0.05) is 12.6 Å². The molecule has 2 amide bonds. The molecular weight excluding hydrogens is 230 g/mol. The van der Waals surface area contributed by atoms with Crippen LogP contribution in [0.2, 0.25) is 0 Å². The van der Waals surface area contributed by atoms with E-state index in [1.807, 2.05) is 20.8 Å². The Morgan fingerprint density at radius 3 is 2.78 bits per heavy atom. The molecule has 0 spiro atoms. The maximum atomic E-state index is 11.7. The Hall–Kier alpha value is -1.91. The number of aromatic nitrogens is 1. The largest absolute Gasteiger partial charge is 0.351 e. The predicted octanol–water partition coefficient (Wildman–Crippen LogP) is 1.59. The Kier molecular flexibility index (Phi) is 5.30. The lowest BCUT2D eigenvalue weighted by molar-refractivity contribution is -0.107. The molecule has 1 aromatic heterocycles. The zero-order valence-corrected chi connectivity index (χ0v) is 11.0. The van der Waals surface area contributed by atoms with Gasteiger partial charge in [-0.05, 0) is 32.4 Å². The van der Waals surface area contributed by atoms with E-state index in [1.54, 1.807) is 18.2 Å². The third-order valence-corrected chi connectivity index (χ3v) is 2.75. The van der Waals surface area contributed by atoms with E-state index < -0.39 is 0 Å². The van der Waals surface area contributed by atoms with Crippen molar-refractivity contribution in [2.24, 2.45) is 0 Å². The van der Waals surface area contributed by atoms with Crippen molar-refractivity contribution in [1.29, 1.82) is 0 Å². The molecule has 0 radical (unpaired) electrons. The van der Waals surface area contributed by atoms with Gasteiger partial charge in [0.2, 0.25) is 6.41 Å². The minimum absolute atomic E-state index is 0.0551. The second-order valence-corrected chi connectivity index (χ2v) is 4.01. The molecule has 1 rings (SSSR count). The van der Waals surface area contributed by atoms with Crippen LogP contribution in [0.1, 0.15) is 37.7 Å². The first kappa shape index (κ1) is 14.2. The van der Waals surface area contributed by atoms with Gasteiger partial charge in [-0.2, -0.15) is 0 Å². The quantitative estimate of drug-likeness (QED) is 0.779. The molecule has 0 aliphatic heterocycles. The van der Waals surface area contributed by atoms with Crippen LogP contribution in [0.3, 0.4) is 0 Å². The van der Waals surface area contributed by atoms with Gasteiger partial charge in [0.1, 0.15) is 11.5 Å². The lowest BCUT2D eigenvalue weighted by Crippen LogP contribution is -2.32. The minimum Gasteiger partial charge on any atom is -0.351 e. The minimum atomic E-state index is -0.227. The van der Waals surface area contributed by atoms with Gasteiger partial charge in [-0.1, -0.05) is 13.0 Å². The van der Waals surface area contributed by atoms with Crippen molar-refractivity contribution in [3.05, 3.63) is 23.9 Å². The monoisotopic (exact) mass is 249 g/mol. The molecule has 18 heavy (non-hydrogen) atoms. The SMILES string of the molecule is CCNC(=O)c1cccc(N(C=O)C(C)CC)n1. The molecule has 5 heteroatoms. The zero-order valence-electron chi connectivity index (χ0n) is 11.0. The molecule has 1 N–H and O–H groups in total. The zero-order chi connectivity index (χ0) is 13.5. The molecule has 0 saturated carbocycles. The van der Waals surface area contributed by atoms with Crippen molar-refractivity contribution >= 4 is 18.1 Å². The van der Waals surface area contributed by atoms with E-state index in [4.69, 9.17) is 0 Å². The molecule has 0 aliphatic rings. The Labute approximate surface area is 107 Å². The molecule has 0 bridgehead atoms. The number of amides is 2. The Morgan fingerprint density at radius 1 is 1.50 bits per heavy atom. The van der Waals surface area contributed by atoms with Crippen LogP contribution in [0.4, 0.5) is 5.82 Å². The number of carbonyl (C=O) groups excluding carboxylic acids is 2. The molecule has 98 valence electrons. The van der Waals surface area contributed by atoms with Crippen LogP contribution in [0, 0.1) is 0 Å². The number of rotatable bonds is 6. The summed E-state index contributed by atoms with van der Waals surface area (Å²) in [6.07, 6.45) is 1.57. The van der Waals surface area contributed by atoms with Crippen LogP contribution in [0.25, 0.3) is 0 Å². The summed E-state index contributed by atoms with van der Waals surface area (Å²) in [6, 6.07) is 5.14. The number of nitrogens with zero attached hydrogens (tertiary/aromatic N) is 2. The van der Waals surface area contributed by atoms with Crippen molar-refractivity contribution in [2.75, 3.05) is 11.4 Å². The highest BCUT2D eigenvalue weighted by atomic mass is 16.2. The number of hydrogen-bond donors (Lipinski definition) is 1. The van der Waals surface area contributed by atoms with E-state index >= 15 is 0 Å². The summed E-state index contributed by atoms with van der Waals surface area (Å²) in [5.41, 5.74) is 0.324. The fourth-order valence-corrected chi connectivity index (χ4v) is 1.53. The second-order valence-electron chi connectivity index (χ2n) is 4.01. The second kappa shape index (κ2) is 6.74. The van der Waals surface area contributed by atoms with Crippen molar-refractivity contribution < 1.29 is 9.59 Å². The third kappa shape index (κ3) is 3.29. The highest BCUT2D eigenvalue weighted by Crippen LogP contribution is 2.14. The average molecular weight is 249 g/mol. The van der Waals surface area contributed by atoms with Crippen LogP contribution < -0.4 is 10.2 Å². The highest BCUT2D eigenvalue weighted by molar-refractivity contribution is 5.92. The van der Waals surface area contributed by atoms with Crippen LogP contribution >= 0.6 is 0 Å². The van der Waals surface area contributed by atoms with Gasteiger partial charge in [-0.25, -0.2) is 4.98 Å². The molecule has 0 fully saturated rings. The van der Waals surface area contributed by atoms with E-state index in [0.717, 1.165) is 12.8 Å². The van der Waals surface area contributed by atoms with E-state index in [1.165, 1.54) is 4.90 Å². The molecule has 1 aromatic rings. The number of nitrogens with one attached hydrogen (secondary N) is 1. The fraction of sp³-hybridized carbons (Fsp3) is 0.462. The standard InChI is InChI=1S/C13H19N3O2/c1-4-10(3)16(9-17)12-8-6-7-11(15-12)13(18)14-5-2/h6-10H,4-5H2,1-3H3,(H,14,18). The summed E-state index contributed by atoms with van der Waals surface area (Å²) in [6.45, 7) is 6.33. The smallest absolute Gasteiger partial charge is 0.269 e. The van der Waals surface area contributed by atoms with Crippen molar-refractivity contribution in [2.45, 2.75) is 33.2 Å². The summed E-state index contributed by atoms with van der Waals surface area (Å²) < 4.78 is 0. The van der Waals surface area contributed by atoms with Gasteiger partial charge in [-0.15, -0.1) is 0 Å². The van der Waals surface area contributed by atoms with Crippen LogP contribution in [-0.4, -0.2) is 29.9 Å². The summed E-state index contributed by atoms with van der Waals surface area (Å²) in [7, 11) is 0. The summed E-state index contributed by atoms with van der Waals surface area (Å²) in [4.78, 5) is 28.5. The molecular formula is C13H19N3O2. The summed E-state index contributed by atoms with van der Waals surface area (Å²) >= 11 is 0. The van der Waals surface area contributed by atoms with Crippen LogP contribution in [0.15, 0.2) is 18.2 Å². The Bertz CT molecular complexity index is 420. The van der Waals surface area contributed by atoms with E-state index in [0.29, 0.717) is 18.1 Å². The van der Waals surface area contributed by atoms with Gasteiger partial charge in [0.15, 0.2) is 0 Å². The van der Waals surface area contributed by atoms with Crippen molar-refractivity contribution in [3.8, 4) is 0 Å². The molecule has 5 nitrogen and oxygen atoms in total. The highest BCUT2D eigenvalue weighted by Gasteiger charge is 2.15. The predicted molar refractivity (Wildman–Crippen MR) is 70.5 cm³/mol. The fourth-order valence-electron chi connectivity index (χ4n) is 1.53. The van der Waals surface area contributed by atoms with Gasteiger partial charge in [-0.3, -0.25) is 14.5 Å². The lowest BCUT2D eigenvalue weighted by Gasteiger charge is -2.23. The van der Waals surface area contributed by atoms with Gasteiger partial charge < -0.3 is 5.32 Å². The Morgan fingerprint density at radius 2 is 2.22 bits per heavy atom. The van der Waals surface area contributed by atoms with Crippen molar-refractivity contribution in [3.63, 3.8) is 0 Å².